The first kappa shape index (κ1) is 18.4. The van der Waals surface area contributed by atoms with Crippen LogP contribution in [0.3, 0.4) is 0 Å². The number of benzene rings is 2. The standard InChI is InChI=1S/C20H25NO2S/c1-14-5-8-18(11-15(14)2)16(3)21-20(22)13-24-12-17-6-9-19(23-4)10-7-17/h5-11,16H,12-13H2,1-4H3,(H,21,22)/t16-/m1/s1. The summed E-state index contributed by atoms with van der Waals surface area (Å²) in [5.41, 5.74) is 4.86. The van der Waals surface area contributed by atoms with Gasteiger partial charge in [0, 0.05) is 5.75 Å². The van der Waals surface area contributed by atoms with Crippen LogP contribution in [0.5, 0.6) is 5.75 Å². The molecule has 0 aromatic heterocycles. The molecule has 0 aliphatic rings. The smallest absolute Gasteiger partial charge is 0.230 e. The van der Waals surface area contributed by atoms with Crippen LogP contribution in [0, 0.1) is 13.8 Å². The molecule has 0 saturated carbocycles. The van der Waals surface area contributed by atoms with Crippen molar-refractivity contribution in [3.8, 4) is 5.75 Å². The summed E-state index contributed by atoms with van der Waals surface area (Å²) in [6, 6.07) is 14.3. The summed E-state index contributed by atoms with van der Waals surface area (Å²) in [5, 5.41) is 3.07. The van der Waals surface area contributed by atoms with Gasteiger partial charge in [-0.05, 0) is 55.2 Å². The lowest BCUT2D eigenvalue weighted by Crippen LogP contribution is -2.28. The highest BCUT2D eigenvalue weighted by Crippen LogP contribution is 2.18. The van der Waals surface area contributed by atoms with E-state index >= 15 is 0 Å². The van der Waals surface area contributed by atoms with E-state index in [0.29, 0.717) is 5.75 Å². The quantitative estimate of drug-likeness (QED) is 0.808. The number of methoxy groups -OCH3 is 1. The van der Waals surface area contributed by atoms with Crippen molar-refractivity contribution >= 4 is 17.7 Å². The summed E-state index contributed by atoms with van der Waals surface area (Å²) in [6.07, 6.45) is 0. The second-order valence-electron chi connectivity index (χ2n) is 5.97. The Morgan fingerprint density at radius 3 is 2.46 bits per heavy atom. The molecular formula is C20H25NO2S. The largest absolute Gasteiger partial charge is 0.497 e. The van der Waals surface area contributed by atoms with Gasteiger partial charge in [-0.3, -0.25) is 4.79 Å². The van der Waals surface area contributed by atoms with Crippen LogP contribution in [0.15, 0.2) is 42.5 Å². The van der Waals surface area contributed by atoms with Crippen LogP contribution in [0.1, 0.15) is 35.2 Å². The molecule has 0 radical (unpaired) electrons. The van der Waals surface area contributed by atoms with Crippen molar-refractivity contribution in [3.63, 3.8) is 0 Å². The van der Waals surface area contributed by atoms with E-state index in [0.717, 1.165) is 17.1 Å². The molecule has 0 saturated heterocycles. The number of carbonyl (C=O) groups is 1. The first-order valence-electron chi connectivity index (χ1n) is 8.07. The number of hydrogen-bond acceptors (Lipinski definition) is 3. The molecule has 0 unspecified atom stereocenters. The molecule has 4 heteroatoms. The van der Waals surface area contributed by atoms with Crippen LogP contribution in [0.25, 0.3) is 0 Å². The van der Waals surface area contributed by atoms with E-state index in [2.05, 4.69) is 37.4 Å². The number of nitrogens with one attached hydrogen (secondary N) is 1. The van der Waals surface area contributed by atoms with E-state index in [9.17, 15) is 4.79 Å². The van der Waals surface area contributed by atoms with Gasteiger partial charge in [0.1, 0.15) is 5.75 Å². The fraction of sp³-hybridized carbons (Fsp3) is 0.350. The predicted molar refractivity (Wildman–Crippen MR) is 102 cm³/mol. The summed E-state index contributed by atoms with van der Waals surface area (Å²) >= 11 is 1.62. The zero-order chi connectivity index (χ0) is 17.5. The van der Waals surface area contributed by atoms with E-state index in [1.54, 1.807) is 18.9 Å². The number of hydrogen-bond donors (Lipinski definition) is 1. The molecule has 1 N–H and O–H groups in total. The number of thioether (sulfide) groups is 1. The fourth-order valence-electron chi connectivity index (χ4n) is 2.38. The molecule has 128 valence electrons. The van der Waals surface area contributed by atoms with Gasteiger partial charge in [0.15, 0.2) is 0 Å². The topological polar surface area (TPSA) is 38.3 Å². The molecule has 1 atom stereocenters. The molecule has 2 aromatic carbocycles. The summed E-state index contributed by atoms with van der Waals surface area (Å²) in [6.45, 7) is 6.21. The van der Waals surface area contributed by atoms with Gasteiger partial charge in [-0.25, -0.2) is 0 Å². The van der Waals surface area contributed by atoms with Crippen molar-refractivity contribution in [2.45, 2.75) is 32.6 Å². The highest BCUT2D eigenvalue weighted by Gasteiger charge is 2.10. The highest BCUT2D eigenvalue weighted by atomic mass is 32.2. The first-order chi connectivity index (χ1) is 11.5. The number of amides is 1. The van der Waals surface area contributed by atoms with Crippen molar-refractivity contribution in [2.75, 3.05) is 12.9 Å². The van der Waals surface area contributed by atoms with Gasteiger partial charge < -0.3 is 10.1 Å². The molecular weight excluding hydrogens is 318 g/mol. The number of ether oxygens (including phenoxy) is 1. The Kier molecular flexibility index (Phi) is 6.73. The van der Waals surface area contributed by atoms with Crippen LogP contribution >= 0.6 is 11.8 Å². The molecule has 1 amide bonds. The Balaban J connectivity index is 1.78. The average molecular weight is 343 g/mol. The molecule has 2 aromatic rings. The lowest BCUT2D eigenvalue weighted by Gasteiger charge is -2.15. The Labute approximate surface area is 148 Å². The van der Waals surface area contributed by atoms with Crippen LogP contribution < -0.4 is 10.1 Å². The maximum atomic E-state index is 12.1. The lowest BCUT2D eigenvalue weighted by atomic mass is 10.0. The highest BCUT2D eigenvalue weighted by molar-refractivity contribution is 7.99. The van der Waals surface area contributed by atoms with Crippen molar-refractivity contribution < 1.29 is 9.53 Å². The summed E-state index contributed by atoms with van der Waals surface area (Å²) in [4.78, 5) is 12.1. The van der Waals surface area contributed by atoms with Crippen molar-refractivity contribution in [2.24, 2.45) is 0 Å². The Morgan fingerprint density at radius 1 is 1.12 bits per heavy atom. The van der Waals surface area contributed by atoms with Gasteiger partial charge in [0.05, 0.1) is 18.9 Å². The fourth-order valence-corrected chi connectivity index (χ4v) is 3.18. The second kappa shape index (κ2) is 8.78. The summed E-state index contributed by atoms with van der Waals surface area (Å²) < 4.78 is 5.14. The van der Waals surface area contributed by atoms with Gasteiger partial charge in [0.25, 0.3) is 0 Å². The zero-order valence-electron chi connectivity index (χ0n) is 14.8. The number of rotatable bonds is 7. The van der Waals surface area contributed by atoms with Crippen molar-refractivity contribution in [3.05, 3.63) is 64.7 Å². The number of aryl methyl sites for hydroxylation is 2. The van der Waals surface area contributed by atoms with Crippen LogP contribution in [0.4, 0.5) is 0 Å². The van der Waals surface area contributed by atoms with Crippen LogP contribution in [0.2, 0.25) is 0 Å². The van der Waals surface area contributed by atoms with Crippen LogP contribution in [-0.2, 0) is 10.5 Å². The number of carbonyl (C=O) groups excluding carboxylic acids is 1. The van der Waals surface area contributed by atoms with Crippen LogP contribution in [-0.4, -0.2) is 18.8 Å². The van der Waals surface area contributed by atoms with Gasteiger partial charge in [-0.2, -0.15) is 0 Å². The Morgan fingerprint density at radius 2 is 1.83 bits per heavy atom. The maximum Gasteiger partial charge on any atom is 0.230 e. The average Bonchev–Trinajstić information content (AvgIpc) is 2.58. The normalized spacial score (nSPS) is 11.8. The molecule has 0 bridgehead atoms. The monoisotopic (exact) mass is 343 g/mol. The van der Waals surface area contributed by atoms with Crippen molar-refractivity contribution in [1.82, 2.24) is 5.32 Å². The molecule has 0 spiro atoms. The van der Waals surface area contributed by atoms with Gasteiger partial charge in [0.2, 0.25) is 5.91 Å². The predicted octanol–water partition coefficient (Wildman–Crippen LogP) is 4.42. The lowest BCUT2D eigenvalue weighted by molar-refractivity contribution is -0.119. The zero-order valence-corrected chi connectivity index (χ0v) is 15.6. The molecule has 3 nitrogen and oxygen atoms in total. The molecule has 0 heterocycles. The Hall–Kier alpha value is -1.94. The van der Waals surface area contributed by atoms with E-state index in [1.165, 1.54) is 16.7 Å². The third-order valence-electron chi connectivity index (χ3n) is 4.07. The minimum atomic E-state index is 0.0263. The molecule has 0 fully saturated rings. The van der Waals surface area contributed by atoms with E-state index < -0.39 is 0 Å². The van der Waals surface area contributed by atoms with E-state index in [4.69, 9.17) is 4.74 Å². The maximum absolute atomic E-state index is 12.1. The minimum absolute atomic E-state index is 0.0263. The SMILES string of the molecule is COc1ccc(CSCC(=O)N[C@H](C)c2ccc(C)c(C)c2)cc1. The van der Waals surface area contributed by atoms with Gasteiger partial charge in [-0.1, -0.05) is 30.3 Å². The molecule has 2 rings (SSSR count). The molecule has 24 heavy (non-hydrogen) atoms. The summed E-state index contributed by atoms with van der Waals surface area (Å²) in [5.74, 6) is 2.19. The summed E-state index contributed by atoms with van der Waals surface area (Å²) in [7, 11) is 1.66. The van der Waals surface area contributed by atoms with E-state index in [1.807, 2.05) is 31.2 Å². The molecule has 0 aliphatic carbocycles. The van der Waals surface area contributed by atoms with Crippen molar-refractivity contribution in [1.29, 1.82) is 0 Å². The van der Waals surface area contributed by atoms with Gasteiger partial charge in [-0.15, -0.1) is 11.8 Å². The minimum Gasteiger partial charge on any atom is -0.497 e. The molecule has 0 aliphatic heterocycles. The van der Waals surface area contributed by atoms with Gasteiger partial charge >= 0.3 is 0 Å². The Bertz CT molecular complexity index is 683. The second-order valence-corrected chi connectivity index (χ2v) is 6.96. The van der Waals surface area contributed by atoms with E-state index in [-0.39, 0.29) is 11.9 Å². The third kappa shape index (κ3) is 5.31. The third-order valence-corrected chi connectivity index (χ3v) is 5.07. The first-order valence-corrected chi connectivity index (χ1v) is 9.22.